The van der Waals surface area contributed by atoms with Crippen molar-refractivity contribution in [1.29, 1.82) is 0 Å². The molecule has 12 aromatic rings. The largest absolute Gasteiger partial charge is 0.310 e. The number of fused-ring (bicyclic) bond motifs is 5. The van der Waals surface area contributed by atoms with Gasteiger partial charge in [-0.2, -0.15) is 0 Å². The number of nitrogens with zero attached hydrogens (tertiary/aromatic N) is 5. The summed E-state index contributed by atoms with van der Waals surface area (Å²) < 4.78 is 4.70. The first-order valence-corrected chi connectivity index (χ1v) is 18.7. The smallest absolute Gasteiger partial charge is 0.145 e. The molecule has 0 saturated heterocycles. The first kappa shape index (κ1) is 30.0. The number of benzene rings is 8. The maximum atomic E-state index is 5.06. The molecule has 0 saturated carbocycles. The molecular formula is C50H31N5. The van der Waals surface area contributed by atoms with E-state index in [1.807, 2.05) is 12.4 Å². The van der Waals surface area contributed by atoms with Gasteiger partial charge >= 0.3 is 0 Å². The molecule has 0 aliphatic carbocycles. The summed E-state index contributed by atoms with van der Waals surface area (Å²) in [6, 6.07) is 63.2. The molecule has 0 aliphatic rings. The van der Waals surface area contributed by atoms with Crippen LogP contribution in [-0.2, 0) is 0 Å². The van der Waals surface area contributed by atoms with E-state index in [0.29, 0.717) is 0 Å². The maximum Gasteiger partial charge on any atom is 0.145 e. The fraction of sp³-hybridized carbons (Fsp3) is 0. The molecule has 0 atom stereocenters. The van der Waals surface area contributed by atoms with E-state index in [9.17, 15) is 0 Å². The van der Waals surface area contributed by atoms with Crippen LogP contribution in [0.2, 0.25) is 0 Å². The van der Waals surface area contributed by atoms with Gasteiger partial charge in [0.1, 0.15) is 11.6 Å². The molecule has 0 aliphatic heterocycles. The summed E-state index contributed by atoms with van der Waals surface area (Å²) in [7, 11) is 0. The zero-order valence-electron chi connectivity index (χ0n) is 29.6. The third-order valence-electron chi connectivity index (χ3n) is 11.3. The van der Waals surface area contributed by atoms with Crippen molar-refractivity contribution in [1.82, 2.24) is 19.1 Å². The predicted molar refractivity (Wildman–Crippen MR) is 229 cm³/mol. The highest BCUT2D eigenvalue weighted by Gasteiger charge is 2.23. The van der Waals surface area contributed by atoms with Gasteiger partial charge in [0, 0.05) is 61.8 Å². The zero-order valence-corrected chi connectivity index (χ0v) is 29.6. The van der Waals surface area contributed by atoms with E-state index in [1.165, 1.54) is 37.7 Å². The number of pyridine rings is 2. The van der Waals surface area contributed by atoms with Crippen molar-refractivity contribution in [3.05, 3.63) is 188 Å². The lowest BCUT2D eigenvalue weighted by atomic mass is 10.0. The first-order chi connectivity index (χ1) is 27.3. The second kappa shape index (κ2) is 11.5. The van der Waals surface area contributed by atoms with E-state index in [-0.39, 0.29) is 0 Å². The van der Waals surface area contributed by atoms with E-state index < -0.39 is 0 Å². The summed E-state index contributed by atoms with van der Waals surface area (Å²) in [6.45, 7) is 0. The van der Waals surface area contributed by atoms with Crippen LogP contribution in [0.15, 0.2) is 188 Å². The van der Waals surface area contributed by atoms with Crippen molar-refractivity contribution >= 4 is 93.0 Å². The Balaban J connectivity index is 1.16. The van der Waals surface area contributed by atoms with Crippen LogP contribution in [0, 0.1) is 0 Å². The van der Waals surface area contributed by atoms with E-state index >= 15 is 0 Å². The minimum absolute atomic E-state index is 0.923. The molecule has 0 spiro atoms. The van der Waals surface area contributed by atoms with Crippen LogP contribution in [0.3, 0.4) is 0 Å². The standard InChI is InChI=1S/C50H31N5/c1-2-14-36(15-3-1)53(37-23-24-42-41-18-8-9-19-43(41)54(45(42)30-37)49-39-16-6-4-11-32(39)25-27-51-49)38-29-35-22-21-34-13-10-20-44-47(34)48(35)46(31-38)55(44)50-40-17-7-5-12-33(40)26-28-52-50/h1-31H. The quantitative estimate of drug-likeness (QED) is 0.168. The van der Waals surface area contributed by atoms with Gasteiger partial charge in [-0.15, -0.1) is 0 Å². The maximum absolute atomic E-state index is 5.06. The van der Waals surface area contributed by atoms with Crippen molar-refractivity contribution in [2.24, 2.45) is 0 Å². The average molecular weight is 702 g/mol. The van der Waals surface area contributed by atoms with Crippen molar-refractivity contribution in [3.63, 3.8) is 0 Å². The average Bonchev–Trinajstić information content (AvgIpc) is 3.76. The van der Waals surface area contributed by atoms with E-state index in [0.717, 1.165) is 66.9 Å². The molecule has 256 valence electrons. The van der Waals surface area contributed by atoms with Gasteiger partial charge in [0.25, 0.3) is 0 Å². The minimum Gasteiger partial charge on any atom is -0.310 e. The van der Waals surface area contributed by atoms with Crippen molar-refractivity contribution in [2.75, 3.05) is 4.90 Å². The SMILES string of the molecule is c1ccc(N(c2ccc3c4ccccc4n(-c4nccc5ccccc45)c3c2)c2cc3ccc4cccc5c4c3c(c2)n5-c2nccc3ccccc23)cc1. The Kier molecular flexibility index (Phi) is 6.27. The Bertz CT molecular complexity index is 3440. The summed E-state index contributed by atoms with van der Waals surface area (Å²) in [5, 5.41) is 11.9. The molecular weight excluding hydrogens is 671 g/mol. The molecule has 0 unspecified atom stereocenters. The number of anilines is 3. The topological polar surface area (TPSA) is 38.9 Å². The second-order valence-electron chi connectivity index (χ2n) is 14.3. The van der Waals surface area contributed by atoms with Crippen molar-refractivity contribution in [3.8, 4) is 11.6 Å². The van der Waals surface area contributed by atoms with Crippen LogP contribution in [0.1, 0.15) is 0 Å². The molecule has 55 heavy (non-hydrogen) atoms. The molecule has 8 aromatic carbocycles. The monoisotopic (exact) mass is 701 g/mol. The lowest BCUT2D eigenvalue weighted by Gasteiger charge is -2.26. The van der Waals surface area contributed by atoms with Crippen molar-refractivity contribution in [2.45, 2.75) is 0 Å². The summed E-state index contributed by atoms with van der Waals surface area (Å²) >= 11 is 0. The molecule has 0 fully saturated rings. The highest BCUT2D eigenvalue weighted by Crippen LogP contribution is 2.45. The van der Waals surface area contributed by atoms with Crippen LogP contribution in [0.5, 0.6) is 0 Å². The van der Waals surface area contributed by atoms with Crippen molar-refractivity contribution < 1.29 is 0 Å². The van der Waals surface area contributed by atoms with Crippen LogP contribution in [0.25, 0.3) is 87.6 Å². The Labute approximate surface area is 315 Å². The highest BCUT2D eigenvalue weighted by atomic mass is 15.2. The number of aromatic nitrogens is 4. The van der Waals surface area contributed by atoms with Crippen LogP contribution in [-0.4, -0.2) is 19.1 Å². The number of para-hydroxylation sites is 2. The van der Waals surface area contributed by atoms with Crippen LogP contribution >= 0.6 is 0 Å². The van der Waals surface area contributed by atoms with Gasteiger partial charge in [0.05, 0.1) is 22.1 Å². The summed E-state index contributed by atoms with van der Waals surface area (Å²) in [5.74, 6) is 1.85. The number of hydrogen-bond donors (Lipinski definition) is 0. The molecule has 0 bridgehead atoms. The normalized spacial score (nSPS) is 12.0. The molecule has 5 nitrogen and oxygen atoms in total. The molecule has 4 heterocycles. The van der Waals surface area contributed by atoms with Gasteiger partial charge in [0.15, 0.2) is 0 Å². The van der Waals surface area contributed by atoms with Gasteiger partial charge in [-0.1, -0.05) is 115 Å². The Morgan fingerprint density at radius 3 is 1.65 bits per heavy atom. The fourth-order valence-corrected chi connectivity index (χ4v) is 8.95. The van der Waals surface area contributed by atoms with Gasteiger partial charge < -0.3 is 4.90 Å². The Hall–Kier alpha value is -7.50. The molecule has 4 aromatic heterocycles. The van der Waals surface area contributed by atoms with E-state index in [4.69, 9.17) is 9.97 Å². The fourth-order valence-electron chi connectivity index (χ4n) is 8.95. The summed E-state index contributed by atoms with van der Waals surface area (Å²) in [6.07, 6.45) is 3.85. The second-order valence-corrected chi connectivity index (χ2v) is 14.3. The number of rotatable bonds is 5. The molecule has 5 heteroatoms. The van der Waals surface area contributed by atoms with Crippen LogP contribution < -0.4 is 4.90 Å². The van der Waals surface area contributed by atoms with E-state index in [1.54, 1.807) is 0 Å². The Morgan fingerprint density at radius 2 is 0.891 bits per heavy atom. The summed E-state index contributed by atoms with van der Waals surface area (Å²) in [4.78, 5) is 12.5. The Morgan fingerprint density at radius 1 is 0.327 bits per heavy atom. The van der Waals surface area contributed by atoms with E-state index in [2.05, 4.69) is 190 Å². The predicted octanol–water partition coefficient (Wildman–Crippen LogP) is 13.0. The molecule has 0 amide bonds. The lowest BCUT2D eigenvalue weighted by Crippen LogP contribution is -2.10. The van der Waals surface area contributed by atoms with Gasteiger partial charge in [-0.3, -0.25) is 9.13 Å². The lowest BCUT2D eigenvalue weighted by molar-refractivity contribution is 1.10. The van der Waals surface area contributed by atoms with Gasteiger partial charge in [0.2, 0.25) is 0 Å². The third-order valence-corrected chi connectivity index (χ3v) is 11.3. The highest BCUT2D eigenvalue weighted by molar-refractivity contribution is 6.25. The molecule has 0 N–H and O–H groups in total. The molecule has 0 radical (unpaired) electrons. The first-order valence-electron chi connectivity index (χ1n) is 18.7. The van der Waals surface area contributed by atoms with Crippen LogP contribution in [0.4, 0.5) is 17.1 Å². The zero-order chi connectivity index (χ0) is 36.0. The van der Waals surface area contributed by atoms with Gasteiger partial charge in [-0.25, -0.2) is 9.97 Å². The molecule has 12 rings (SSSR count). The third kappa shape index (κ3) is 4.35. The minimum atomic E-state index is 0.923. The van der Waals surface area contributed by atoms with Gasteiger partial charge in [-0.05, 0) is 82.2 Å². The summed E-state index contributed by atoms with van der Waals surface area (Å²) in [5.41, 5.74) is 7.70. The number of hydrogen-bond acceptors (Lipinski definition) is 3.